The Hall–Kier alpha value is -3.40. The third-order valence-corrected chi connectivity index (χ3v) is 4.76. The van der Waals surface area contributed by atoms with Crippen molar-refractivity contribution in [2.45, 2.75) is 0 Å². The van der Waals surface area contributed by atoms with E-state index >= 15 is 0 Å². The molecule has 0 aliphatic carbocycles. The zero-order valence-electron chi connectivity index (χ0n) is 12.7. The third-order valence-electron chi connectivity index (χ3n) is 4.76. The van der Waals surface area contributed by atoms with Crippen molar-refractivity contribution in [1.29, 1.82) is 0 Å². The number of imidazole rings is 2. The molecule has 9 bridgehead atoms. The number of aromatic nitrogens is 4. The Balaban J connectivity index is 2.02. The minimum Gasteiger partial charge on any atom is -0.338 e. The molecule has 0 aliphatic rings. The molecule has 0 fully saturated rings. The summed E-state index contributed by atoms with van der Waals surface area (Å²) in [5.74, 6) is 0. The van der Waals surface area contributed by atoms with Gasteiger partial charge in [0.2, 0.25) is 0 Å². The van der Waals surface area contributed by atoms with E-state index < -0.39 is 0 Å². The second kappa shape index (κ2) is 4.11. The Kier molecular flexibility index (Phi) is 2.07. The molecule has 4 aromatic heterocycles. The molecular weight excluding hydrogens is 296 g/mol. The van der Waals surface area contributed by atoms with Crippen molar-refractivity contribution in [2.75, 3.05) is 0 Å². The van der Waals surface area contributed by atoms with Crippen molar-refractivity contribution in [1.82, 2.24) is 19.4 Å². The number of hydrogen-bond acceptors (Lipinski definition) is 2. The van der Waals surface area contributed by atoms with Crippen LogP contribution in [0.1, 0.15) is 0 Å². The average Bonchev–Trinajstić information content (AvgIpc) is 3.24. The fourth-order valence-electron chi connectivity index (χ4n) is 3.52. The second-order valence-electron chi connectivity index (χ2n) is 6.19. The maximum absolute atomic E-state index is 4.79. The van der Waals surface area contributed by atoms with Gasteiger partial charge in [-0.05, 0) is 47.2 Å². The van der Waals surface area contributed by atoms with E-state index in [1.54, 1.807) is 0 Å². The summed E-state index contributed by atoms with van der Waals surface area (Å²) in [6, 6.07) is 21.2. The zero-order chi connectivity index (χ0) is 15.7. The van der Waals surface area contributed by atoms with Gasteiger partial charge >= 0.3 is 0 Å². The highest BCUT2D eigenvalue weighted by atomic mass is 15.0. The molecule has 0 radical (unpaired) electrons. The lowest BCUT2D eigenvalue weighted by molar-refractivity contribution is 1.21. The molecule has 1 N–H and O–H groups in total. The molecule has 0 aliphatic heterocycles. The largest absolute Gasteiger partial charge is 0.338 e. The van der Waals surface area contributed by atoms with Gasteiger partial charge in [0.15, 0.2) is 0 Å². The lowest BCUT2D eigenvalue weighted by Gasteiger charge is -1.98. The van der Waals surface area contributed by atoms with Crippen LogP contribution in [0.3, 0.4) is 0 Å². The van der Waals surface area contributed by atoms with Crippen LogP contribution in [0, 0.1) is 0 Å². The van der Waals surface area contributed by atoms with Gasteiger partial charge in [-0.25, -0.2) is 9.97 Å². The van der Waals surface area contributed by atoms with E-state index in [4.69, 9.17) is 4.98 Å². The molecule has 7 aromatic rings. The van der Waals surface area contributed by atoms with Gasteiger partial charge in [-0.2, -0.15) is 0 Å². The number of nitrogens with zero attached hydrogens (tertiary/aromatic N) is 3. The monoisotopic (exact) mass is 308 g/mol. The fourth-order valence-corrected chi connectivity index (χ4v) is 3.52. The molecule has 0 unspecified atom stereocenters. The van der Waals surface area contributed by atoms with Gasteiger partial charge in [-0.1, -0.05) is 24.3 Å². The van der Waals surface area contributed by atoms with Gasteiger partial charge in [0.25, 0.3) is 0 Å². The summed E-state index contributed by atoms with van der Waals surface area (Å²) in [6.45, 7) is 0. The maximum Gasteiger partial charge on any atom is 0.138 e. The van der Waals surface area contributed by atoms with E-state index in [-0.39, 0.29) is 0 Å². The number of rotatable bonds is 0. The van der Waals surface area contributed by atoms with Crippen LogP contribution in [0.5, 0.6) is 0 Å². The molecule has 3 aromatic carbocycles. The van der Waals surface area contributed by atoms with Gasteiger partial charge in [-0.3, -0.25) is 4.40 Å². The highest BCUT2D eigenvalue weighted by Crippen LogP contribution is 2.24. The van der Waals surface area contributed by atoms with Crippen LogP contribution in [0.15, 0.2) is 67.0 Å². The summed E-state index contributed by atoms with van der Waals surface area (Å²) in [5.41, 5.74) is 6.12. The molecular formula is C20H12N4. The van der Waals surface area contributed by atoms with Gasteiger partial charge in [0.05, 0.1) is 22.1 Å². The Morgan fingerprint density at radius 3 is 2.62 bits per heavy atom. The van der Waals surface area contributed by atoms with E-state index in [0.717, 1.165) is 49.4 Å². The van der Waals surface area contributed by atoms with Crippen LogP contribution in [-0.2, 0) is 0 Å². The number of hydrogen-bond donors (Lipinski definition) is 1. The first-order chi connectivity index (χ1) is 11.8. The van der Waals surface area contributed by atoms with Crippen molar-refractivity contribution in [2.24, 2.45) is 0 Å². The van der Waals surface area contributed by atoms with Crippen LogP contribution in [0.4, 0.5) is 0 Å². The van der Waals surface area contributed by atoms with Crippen LogP contribution in [-0.4, -0.2) is 19.4 Å². The zero-order valence-corrected chi connectivity index (χ0v) is 12.7. The number of benzene rings is 3. The van der Waals surface area contributed by atoms with Crippen LogP contribution < -0.4 is 0 Å². The Labute approximate surface area is 136 Å². The maximum atomic E-state index is 4.79. The third kappa shape index (κ3) is 1.52. The van der Waals surface area contributed by atoms with Crippen molar-refractivity contribution in [3.05, 3.63) is 67.0 Å². The lowest BCUT2D eigenvalue weighted by Crippen LogP contribution is -1.82. The van der Waals surface area contributed by atoms with Crippen LogP contribution in [0.2, 0.25) is 0 Å². The Bertz CT molecular complexity index is 1390. The lowest BCUT2D eigenvalue weighted by atomic mass is 10.1. The predicted octanol–water partition coefficient (Wildman–Crippen LogP) is 4.67. The fraction of sp³-hybridized carbons (Fsp3) is 0. The first-order valence-corrected chi connectivity index (χ1v) is 7.93. The number of aromatic amines is 1. The highest BCUT2D eigenvalue weighted by molar-refractivity contribution is 5.97. The van der Waals surface area contributed by atoms with E-state index in [9.17, 15) is 0 Å². The summed E-state index contributed by atoms with van der Waals surface area (Å²) >= 11 is 0. The SMILES string of the molecule is c1cc2cc(c1)n1cnc3cc(ccc31)c1ccc3[nH]c2nc3c1. The topological polar surface area (TPSA) is 46.0 Å². The smallest absolute Gasteiger partial charge is 0.138 e. The second-order valence-corrected chi connectivity index (χ2v) is 6.19. The molecule has 7 rings (SSSR count). The van der Waals surface area contributed by atoms with Gasteiger partial charge < -0.3 is 4.98 Å². The van der Waals surface area contributed by atoms with Crippen LogP contribution >= 0.6 is 0 Å². The highest BCUT2D eigenvalue weighted by Gasteiger charge is 2.05. The first kappa shape index (κ1) is 12.1. The van der Waals surface area contributed by atoms with E-state index in [0.29, 0.717) is 0 Å². The number of fused-ring (bicyclic) bond motifs is 1. The first-order valence-electron chi connectivity index (χ1n) is 7.93. The number of H-pyrrole nitrogens is 1. The van der Waals surface area contributed by atoms with Crippen molar-refractivity contribution in [3.63, 3.8) is 0 Å². The minimum absolute atomic E-state index is 0.892. The Morgan fingerprint density at radius 2 is 1.67 bits per heavy atom. The van der Waals surface area contributed by atoms with Crippen molar-refractivity contribution < 1.29 is 0 Å². The molecule has 112 valence electrons. The summed E-state index contributed by atoms with van der Waals surface area (Å²) in [6.07, 6.45) is 1.89. The molecule has 0 spiro atoms. The van der Waals surface area contributed by atoms with Crippen molar-refractivity contribution in [3.8, 4) is 0 Å². The van der Waals surface area contributed by atoms with Crippen LogP contribution in [0.25, 0.3) is 49.4 Å². The summed E-state index contributed by atoms with van der Waals surface area (Å²) < 4.78 is 2.12. The minimum atomic E-state index is 0.892. The number of nitrogens with one attached hydrogen (secondary N) is 1. The molecule has 0 atom stereocenters. The van der Waals surface area contributed by atoms with Gasteiger partial charge in [-0.15, -0.1) is 0 Å². The quantitative estimate of drug-likeness (QED) is 0.443. The molecule has 4 heteroatoms. The molecule has 0 saturated carbocycles. The van der Waals surface area contributed by atoms with Gasteiger partial charge in [0, 0.05) is 10.9 Å². The van der Waals surface area contributed by atoms with Crippen molar-refractivity contribution >= 4 is 49.4 Å². The average molecular weight is 308 g/mol. The molecule has 0 amide bonds. The molecule has 4 nitrogen and oxygen atoms in total. The summed E-state index contributed by atoms with van der Waals surface area (Å²) in [5, 5.41) is 3.38. The van der Waals surface area contributed by atoms with E-state index in [1.165, 1.54) is 0 Å². The molecule has 0 saturated heterocycles. The normalized spacial score (nSPS) is 12.2. The van der Waals surface area contributed by atoms with E-state index in [1.807, 2.05) is 6.33 Å². The summed E-state index contributed by atoms with van der Waals surface area (Å²) in [4.78, 5) is 12.8. The standard InChI is InChI=1S/C20H12N4/c1-2-14-8-15(3-1)24-11-21-18-10-13(5-7-19(18)24)12-4-6-16-17(9-12)23-20(14)22-16/h1-11H,(H,22,23). The molecule has 24 heavy (non-hydrogen) atoms. The Morgan fingerprint density at radius 1 is 0.792 bits per heavy atom. The van der Waals surface area contributed by atoms with Gasteiger partial charge in [0.1, 0.15) is 12.0 Å². The predicted molar refractivity (Wildman–Crippen MR) is 97.4 cm³/mol. The molecule has 4 heterocycles. The summed E-state index contributed by atoms with van der Waals surface area (Å²) in [7, 11) is 0. The van der Waals surface area contributed by atoms with E-state index in [2.05, 4.69) is 75.0 Å².